The van der Waals surface area contributed by atoms with Crippen molar-refractivity contribution < 1.29 is 9.59 Å². The summed E-state index contributed by atoms with van der Waals surface area (Å²) in [5.41, 5.74) is 2.90. The molecule has 0 aliphatic carbocycles. The van der Waals surface area contributed by atoms with Crippen LogP contribution in [0.3, 0.4) is 0 Å². The van der Waals surface area contributed by atoms with Crippen molar-refractivity contribution in [1.82, 2.24) is 14.7 Å². The number of carbonyl (C=O) groups excluding carboxylic acids is 2. The molecule has 3 rings (SSSR count). The van der Waals surface area contributed by atoms with E-state index >= 15 is 0 Å². The van der Waals surface area contributed by atoms with Crippen molar-refractivity contribution in [2.75, 3.05) is 45.6 Å². The molecule has 1 aliphatic rings. The van der Waals surface area contributed by atoms with Gasteiger partial charge in [-0.3, -0.25) is 9.69 Å². The molecule has 3 amide bonds. The number of benzene rings is 2. The van der Waals surface area contributed by atoms with E-state index in [1.807, 2.05) is 66.4 Å². The molecule has 1 aliphatic heterocycles. The molecule has 0 spiro atoms. The number of hydrogen-bond acceptors (Lipinski definition) is 3. The van der Waals surface area contributed by atoms with Crippen LogP contribution in [-0.4, -0.2) is 66.9 Å². The third kappa shape index (κ3) is 4.70. The van der Waals surface area contributed by atoms with Crippen LogP contribution >= 0.6 is 0 Å². The quantitative estimate of drug-likeness (QED) is 0.887. The highest BCUT2D eigenvalue weighted by Crippen LogP contribution is 2.24. The number of urea groups is 1. The van der Waals surface area contributed by atoms with Crippen molar-refractivity contribution in [2.24, 2.45) is 0 Å². The van der Waals surface area contributed by atoms with Crippen LogP contribution in [0.4, 0.5) is 10.5 Å². The normalized spacial score (nSPS) is 15.8. The predicted molar refractivity (Wildman–Crippen MR) is 111 cm³/mol. The number of nitrogens with zero attached hydrogens (tertiary/aromatic N) is 3. The van der Waals surface area contributed by atoms with Gasteiger partial charge in [0.25, 0.3) is 0 Å². The SMILES string of the molecule is Cc1ccc(NC(=O)C(c2ccccc2)N2CCN(C(=O)N(C)C)CC2)cc1. The molecule has 1 saturated heterocycles. The van der Waals surface area contributed by atoms with E-state index < -0.39 is 0 Å². The Morgan fingerprint density at radius 1 is 0.929 bits per heavy atom. The molecule has 0 bridgehead atoms. The number of anilines is 1. The summed E-state index contributed by atoms with van der Waals surface area (Å²) in [6.45, 7) is 4.55. The molecule has 1 atom stereocenters. The topological polar surface area (TPSA) is 55.9 Å². The van der Waals surface area contributed by atoms with Crippen molar-refractivity contribution in [1.29, 1.82) is 0 Å². The van der Waals surface area contributed by atoms with Gasteiger partial charge in [0.05, 0.1) is 0 Å². The van der Waals surface area contributed by atoms with E-state index in [4.69, 9.17) is 0 Å². The summed E-state index contributed by atoms with van der Waals surface area (Å²) in [5, 5.41) is 3.05. The van der Waals surface area contributed by atoms with Gasteiger partial charge < -0.3 is 15.1 Å². The van der Waals surface area contributed by atoms with E-state index in [0.29, 0.717) is 26.2 Å². The third-order valence-electron chi connectivity index (χ3n) is 5.02. The summed E-state index contributed by atoms with van der Waals surface area (Å²) in [4.78, 5) is 31.0. The van der Waals surface area contributed by atoms with Gasteiger partial charge in [0.2, 0.25) is 5.91 Å². The lowest BCUT2D eigenvalue weighted by Gasteiger charge is -2.39. The van der Waals surface area contributed by atoms with Gasteiger partial charge in [0.15, 0.2) is 0 Å². The van der Waals surface area contributed by atoms with E-state index in [1.54, 1.807) is 19.0 Å². The lowest BCUT2D eigenvalue weighted by atomic mass is 10.0. The van der Waals surface area contributed by atoms with E-state index in [1.165, 1.54) is 0 Å². The summed E-state index contributed by atoms with van der Waals surface area (Å²) in [6.07, 6.45) is 0. The van der Waals surface area contributed by atoms with Crippen molar-refractivity contribution in [2.45, 2.75) is 13.0 Å². The molecule has 1 N–H and O–H groups in total. The maximum absolute atomic E-state index is 13.2. The average molecular weight is 380 g/mol. The maximum Gasteiger partial charge on any atom is 0.319 e. The lowest BCUT2D eigenvalue weighted by molar-refractivity contribution is -0.122. The number of hydrogen-bond donors (Lipinski definition) is 1. The van der Waals surface area contributed by atoms with Crippen molar-refractivity contribution in [3.63, 3.8) is 0 Å². The van der Waals surface area contributed by atoms with Gasteiger partial charge in [0, 0.05) is 46.0 Å². The Morgan fingerprint density at radius 3 is 2.11 bits per heavy atom. The maximum atomic E-state index is 13.2. The fourth-order valence-corrected chi connectivity index (χ4v) is 3.47. The molecule has 1 unspecified atom stereocenters. The molecule has 1 fully saturated rings. The monoisotopic (exact) mass is 380 g/mol. The van der Waals surface area contributed by atoms with E-state index in [2.05, 4.69) is 10.2 Å². The first-order chi connectivity index (χ1) is 13.5. The standard InChI is InChI=1S/C22H28N4O2/c1-17-9-11-19(12-10-17)23-21(27)20(18-7-5-4-6-8-18)25-13-15-26(16-14-25)22(28)24(2)3/h4-12,20H,13-16H2,1-3H3,(H,23,27). The summed E-state index contributed by atoms with van der Waals surface area (Å²) < 4.78 is 0. The zero-order valence-corrected chi connectivity index (χ0v) is 16.8. The minimum atomic E-state index is -0.390. The summed E-state index contributed by atoms with van der Waals surface area (Å²) >= 11 is 0. The minimum Gasteiger partial charge on any atom is -0.331 e. The number of piperazine rings is 1. The Morgan fingerprint density at radius 2 is 1.54 bits per heavy atom. The fraction of sp³-hybridized carbons (Fsp3) is 0.364. The van der Waals surface area contributed by atoms with Gasteiger partial charge in [0.1, 0.15) is 6.04 Å². The Kier molecular flexibility index (Phi) is 6.31. The highest BCUT2D eigenvalue weighted by molar-refractivity contribution is 5.95. The first-order valence-electron chi connectivity index (χ1n) is 9.58. The van der Waals surface area contributed by atoms with Crippen LogP contribution in [0.2, 0.25) is 0 Å². The molecular weight excluding hydrogens is 352 g/mol. The molecule has 1 heterocycles. The van der Waals surface area contributed by atoms with Crippen LogP contribution in [0.15, 0.2) is 54.6 Å². The number of nitrogens with one attached hydrogen (secondary N) is 1. The molecule has 148 valence electrons. The van der Waals surface area contributed by atoms with Crippen LogP contribution in [0.25, 0.3) is 0 Å². The molecule has 0 saturated carbocycles. The van der Waals surface area contributed by atoms with Gasteiger partial charge in [-0.1, -0.05) is 48.0 Å². The molecule has 0 aromatic heterocycles. The Bertz CT molecular complexity index is 797. The molecule has 2 aromatic carbocycles. The van der Waals surface area contributed by atoms with Gasteiger partial charge in [-0.05, 0) is 24.6 Å². The second kappa shape index (κ2) is 8.89. The number of rotatable bonds is 4. The zero-order valence-electron chi connectivity index (χ0n) is 16.8. The van der Waals surface area contributed by atoms with Gasteiger partial charge >= 0.3 is 6.03 Å². The van der Waals surface area contributed by atoms with Crippen LogP contribution in [0.5, 0.6) is 0 Å². The van der Waals surface area contributed by atoms with E-state index in [-0.39, 0.29) is 18.0 Å². The van der Waals surface area contributed by atoms with Crippen molar-refractivity contribution in [3.8, 4) is 0 Å². The number of carbonyl (C=O) groups is 2. The molecular formula is C22H28N4O2. The molecule has 6 heteroatoms. The van der Waals surface area contributed by atoms with E-state index in [0.717, 1.165) is 16.8 Å². The molecule has 28 heavy (non-hydrogen) atoms. The first-order valence-corrected chi connectivity index (χ1v) is 9.58. The Balaban J connectivity index is 1.76. The lowest BCUT2D eigenvalue weighted by Crippen LogP contribution is -2.53. The zero-order chi connectivity index (χ0) is 20.1. The largest absolute Gasteiger partial charge is 0.331 e. The second-order valence-corrected chi connectivity index (χ2v) is 7.37. The summed E-state index contributed by atoms with van der Waals surface area (Å²) in [6, 6.07) is 17.3. The Hall–Kier alpha value is -2.86. The Labute approximate surface area is 166 Å². The summed E-state index contributed by atoms with van der Waals surface area (Å²) in [7, 11) is 3.52. The van der Waals surface area contributed by atoms with Crippen molar-refractivity contribution in [3.05, 3.63) is 65.7 Å². The van der Waals surface area contributed by atoms with Crippen LogP contribution in [0, 0.1) is 6.92 Å². The van der Waals surface area contributed by atoms with Gasteiger partial charge in [-0.2, -0.15) is 0 Å². The molecule has 0 radical (unpaired) electrons. The van der Waals surface area contributed by atoms with Gasteiger partial charge in [-0.15, -0.1) is 0 Å². The van der Waals surface area contributed by atoms with Crippen LogP contribution < -0.4 is 5.32 Å². The van der Waals surface area contributed by atoms with E-state index in [9.17, 15) is 9.59 Å². The second-order valence-electron chi connectivity index (χ2n) is 7.37. The number of amides is 3. The fourth-order valence-electron chi connectivity index (χ4n) is 3.47. The molecule has 2 aromatic rings. The highest BCUT2D eigenvalue weighted by atomic mass is 16.2. The molecule has 6 nitrogen and oxygen atoms in total. The smallest absolute Gasteiger partial charge is 0.319 e. The highest BCUT2D eigenvalue weighted by Gasteiger charge is 2.32. The number of aryl methyl sites for hydroxylation is 1. The van der Waals surface area contributed by atoms with Crippen LogP contribution in [0.1, 0.15) is 17.2 Å². The van der Waals surface area contributed by atoms with Crippen LogP contribution in [-0.2, 0) is 4.79 Å². The third-order valence-corrected chi connectivity index (χ3v) is 5.02. The predicted octanol–water partition coefficient (Wildman–Crippen LogP) is 2.97. The van der Waals surface area contributed by atoms with Crippen molar-refractivity contribution >= 4 is 17.6 Å². The first kappa shape index (κ1) is 19.9. The van der Waals surface area contributed by atoms with Gasteiger partial charge in [-0.25, -0.2) is 4.79 Å². The minimum absolute atomic E-state index is 0.0139. The summed E-state index contributed by atoms with van der Waals surface area (Å²) in [5.74, 6) is -0.0533. The average Bonchev–Trinajstić information content (AvgIpc) is 2.70.